The van der Waals surface area contributed by atoms with E-state index in [1.165, 1.54) is 0 Å². The highest BCUT2D eigenvalue weighted by Gasteiger charge is 2.31. The van der Waals surface area contributed by atoms with Crippen LogP contribution in [0.25, 0.3) is 0 Å². The lowest BCUT2D eigenvalue weighted by molar-refractivity contribution is -0.132. The summed E-state index contributed by atoms with van der Waals surface area (Å²) in [6, 6.07) is 11.0. The van der Waals surface area contributed by atoms with Crippen LogP contribution in [0.4, 0.5) is 16.2 Å². The number of anilines is 2. The van der Waals surface area contributed by atoms with Crippen LogP contribution in [0.1, 0.15) is 63.2 Å². The Bertz CT molecular complexity index is 1320. The van der Waals surface area contributed by atoms with Gasteiger partial charge in [0.25, 0.3) is 5.91 Å². The van der Waals surface area contributed by atoms with Gasteiger partial charge in [0, 0.05) is 50.5 Å². The number of hydrogen-bond donors (Lipinski definition) is 3. The van der Waals surface area contributed by atoms with Crippen molar-refractivity contribution in [3.63, 3.8) is 0 Å². The molecule has 0 aromatic heterocycles. The molecule has 0 spiro atoms. The number of rotatable bonds is 11. The summed E-state index contributed by atoms with van der Waals surface area (Å²) in [7, 11) is 7.35. The Kier molecular flexibility index (Phi) is 15.4. The van der Waals surface area contributed by atoms with Gasteiger partial charge < -0.3 is 44.7 Å². The molecule has 0 bridgehead atoms. The van der Waals surface area contributed by atoms with E-state index in [4.69, 9.17) is 14.2 Å². The van der Waals surface area contributed by atoms with E-state index in [-0.39, 0.29) is 48.7 Å². The van der Waals surface area contributed by atoms with Crippen LogP contribution in [0.5, 0.6) is 11.5 Å². The lowest BCUT2D eigenvalue weighted by atomic mass is 10.0. The normalized spacial score (nSPS) is 19.8. The molecule has 0 fully saturated rings. The minimum absolute atomic E-state index is 0.0553. The summed E-state index contributed by atoms with van der Waals surface area (Å²) in [5, 5.41) is 15.8. The van der Waals surface area contributed by atoms with Gasteiger partial charge in [-0.15, -0.1) is 0 Å². The predicted octanol–water partition coefficient (Wildman–Crippen LogP) is 4.93. The summed E-state index contributed by atoms with van der Waals surface area (Å²) in [4.78, 5) is 45.6. The number of carbonyl (C=O) groups is 3. The Morgan fingerprint density at radius 1 is 1.06 bits per heavy atom. The van der Waals surface area contributed by atoms with E-state index in [1.807, 2.05) is 27.9 Å². The number of amides is 4. The molecule has 12 nitrogen and oxygen atoms in total. The van der Waals surface area contributed by atoms with E-state index in [0.717, 1.165) is 32.2 Å². The van der Waals surface area contributed by atoms with Crippen LogP contribution in [-0.4, -0.2) is 117 Å². The average Bonchev–Trinajstić information content (AvgIpc) is 3.06. The van der Waals surface area contributed by atoms with E-state index in [2.05, 4.69) is 15.5 Å². The number of carbonyl (C=O) groups excluding carboxylic acids is 3. The molecular weight excluding hydrogens is 614 g/mol. The third-order valence-corrected chi connectivity index (χ3v) is 8.53. The van der Waals surface area contributed by atoms with Crippen molar-refractivity contribution in [3.05, 3.63) is 48.0 Å². The van der Waals surface area contributed by atoms with E-state index in [9.17, 15) is 19.5 Å². The molecule has 0 aliphatic carbocycles. The summed E-state index contributed by atoms with van der Waals surface area (Å²) < 4.78 is 17.8. The van der Waals surface area contributed by atoms with Gasteiger partial charge in [0.15, 0.2) is 0 Å². The van der Waals surface area contributed by atoms with Crippen LogP contribution in [0.3, 0.4) is 0 Å². The summed E-state index contributed by atoms with van der Waals surface area (Å²) in [6.45, 7) is 7.54. The molecule has 1 aliphatic heterocycles. The van der Waals surface area contributed by atoms with Gasteiger partial charge >= 0.3 is 6.03 Å². The molecule has 0 unspecified atom stereocenters. The maximum atomic E-state index is 14.3. The Balaban J connectivity index is 1.86. The fourth-order valence-electron chi connectivity index (χ4n) is 5.54. The van der Waals surface area contributed by atoms with Gasteiger partial charge in [-0.05, 0) is 103 Å². The van der Waals surface area contributed by atoms with Gasteiger partial charge in [0.05, 0.1) is 37.5 Å². The molecule has 4 amide bonds. The summed E-state index contributed by atoms with van der Waals surface area (Å²) in [5.74, 6) is 0.630. The second kappa shape index (κ2) is 19.2. The van der Waals surface area contributed by atoms with Crippen LogP contribution in [0.15, 0.2) is 42.5 Å². The minimum atomic E-state index is -0.515. The quantitative estimate of drug-likeness (QED) is 0.307. The van der Waals surface area contributed by atoms with E-state index in [1.54, 1.807) is 73.3 Å². The highest BCUT2D eigenvalue weighted by Crippen LogP contribution is 2.29. The number of fused-ring (bicyclic) bond motifs is 1. The SMILES string of the molecule is COc1ccc(NC(=O)Nc2ccc3c(c2)C(=O)N([C@@H](C)CO)C[C@@H](C)[C@H](CN(C)C(=O)CCCN(C)C)OCCCC[C@@H](C)O3)cc1. The van der Waals surface area contributed by atoms with Crippen molar-refractivity contribution >= 4 is 29.2 Å². The first-order valence-corrected chi connectivity index (χ1v) is 16.9. The van der Waals surface area contributed by atoms with Gasteiger partial charge in [-0.25, -0.2) is 4.79 Å². The van der Waals surface area contributed by atoms with Gasteiger partial charge in [0.2, 0.25) is 5.91 Å². The largest absolute Gasteiger partial charge is 0.497 e. The van der Waals surface area contributed by atoms with E-state index in [0.29, 0.717) is 42.4 Å². The summed E-state index contributed by atoms with van der Waals surface area (Å²) in [6.07, 6.45) is 3.16. The third-order valence-electron chi connectivity index (χ3n) is 8.53. The number of nitrogens with zero attached hydrogens (tertiary/aromatic N) is 3. The second-order valence-corrected chi connectivity index (χ2v) is 13.0. The molecule has 2 aromatic carbocycles. The standard InChI is InChI=1S/C36H55N5O7/c1-25-22-41(26(2)24-42)35(44)31-21-29(38-36(45)37-28-13-16-30(46-7)17-14-28)15-18-32(31)48-27(3)11-8-9-20-47-33(25)23-40(6)34(43)12-10-19-39(4)5/h13-18,21,25-27,33,42H,8-12,19-20,22-24H2,1-7H3,(H2,37,38,45)/t25-,26+,27-,33+/m1/s1. The Hall–Kier alpha value is -3.87. The topological polar surface area (TPSA) is 133 Å². The molecule has 0 saturated heterocycles. The number of ether oxygens (including phenoxy) is 3. The van der Waals surface area contributed by atoms with Crippen LogP contribution >= 0.6 is 0 Å². The molecular formula is C36H55N5O7. The first-order valence-electron chi connectivity index (χ1n) is 16.9. The number of methoxy groups -OCH3 is 1. The second-order valence-electron chi connectivity index (χ2n) is 13.0. The fraction of sp³-hybridized carbons (Fsp3) is 0.583. The lowest BCUT2D eigenvalue weighted by Gasteiger charge is -2.36. The average molecular weight is 670 g/mol. The molecule has 2 aromatic rings. The highest BCUT2D eigenvalue weighted by molar-refractivity contribution is 6.02. The molecule has 0 saturated carbocycles. The number of benzene rings is 2. The number of hydrogen-bond acceptors (Lipinski definition) is 8. The van der Waals surface area contributed by atoms with Crippen LogP contribution in [0.2, 0.25) is 0 Å². The van der Waals surface area contributed by atoms with Crippen molar-refractivity contribution in [2.45, 2.75) is 71.1 Å². The Labute approximate surface area is 285 Å². The molecule has 48 heavy (non-hydrogen) atoms. The Morgan fingerprint density at radius 3 is 2.42 bits per heavy atom. The monoisotopic (exact) mass is 669 g/mol. The van der Waals surface area contributed by atoms with E-state index < -0.39 is 12.1 Å². The van der Waals surface area contributed by atoms with Gasteiger partial charge in [-0.3, -0.25) is 9.59 Å². The molecule has 3 N–H and O–H groups in total. The molecule has 4 atom stereocenters. The van der Waals surface area contributed by atoms with Crippen LogP contribution in [-0.2, 0) is 9.53 Å². The highest BCUT2D eigenvalue weighted by atomic mass is 16.5. The number of urea groups is 1. The van der Waals surface area contributed by atoms with Gasteiger partial charge in [-0.2, -0.15) is 0 Å². The molecule has 1 aliphatic rings. The van der Waals surface area contributed by atoms with Crippen molar-refractivity contribution in [1.82, 2.24) is 14.7 Å². The third kappa shape index (κ3) is 12.0. The van der Waals surface area contributed by atoms with Crippen molar-refractivity contribution in [1.29, 1.82) is 0 Å². The maximum absolute atomic E-state index is 14.3. The zero-order valence-corrected chi connectivity index (χ0v) is 29.7. The van der Waals surface area contributed by atoms with Crippen molar-refractivity contribution in [2.75, 3.05) is 71.7 Å². The predicted molar refractivity (Wildman–Crippen MR) is 188 cm³/mol. The number of likely N-dealkylation sites (N-methyl/N-ethyl adjacent to an activating group) is 1. The number of aliphatic hydroxyl groups is 1. The van der Waals surface area contributed by atoms with E-state index >= 15 is 0 Å². The number of nitrogens with one attached hydrogen (secondary N) is 2. The first kappa shape index (κ1) is 38.6. The summed E-state index contributed by atoms with van der Waals surface area (Å²) >= 11 is 0. The first-order chi connectivity index (χ1) is 22.9. The molecule has 1 heterocycles. The molecule has 266 valence electrons. The van der Waals surface area contributed by atoms with Crippen molar-refractivity contribution in [3.8, 4) is 11.5 Å². The van der Waals surface area contributed by atoms with Crippen molar-refractivity contribution in [2.24, 2.45) is 5.92 Å². The van der Waals surface area contributed by atoms with Crippen molar-refractivity contribution < 1.29 is 33.7 Å². The van der Waals surface area contributed by atoms with Crippen LogP contribution < -0.4 is 20.1 Å². The smallest absolute Gasteiger partial charge is 0.323 e. The lowest BCUT2D eigenvalue weighted by Crippen LogP contribution is -2.48. The molecule has 0 radical (unpaired) electrons. The van der Waals surface area contributed by atoms with Gasteiger partial charge in [0.1, 0.15) is 11.5 Å². The van der Waals surface area contributed by atoms with Gasteiger partial charge in [-0.1, -0.05) is 6.92 Å². The minimum Gasteiger partial charge on any atom is -0.497 e. The van der Waals surface area contributed by atoms with Crippen LogP contribution in [0, 0.1) is 5.92 Å². The summed E-state index contributed by atoms with van der Waals surface area (Å²) in [5.41, 5.74) is 1.26. The maximum Gasteiger partial charge on any atom is 0.323 e. The Morgan fingerprint density at radius 2 is 1.75 bits per heavy atom. The molecule has 12 heteroatoms. The number of aliphatic hydroxyl groups excluding tert-OH is 1. The fourth-order valence-corrected chi connectivity index (χ4v) is 5.54. The molecule has 3 rings (SSSR count). The zero-order valence-electron chi connectivity index (χ0n) is 29.7. The zero-order chi connectivity index (χ0) is 35.2.